The number of thiocarbonyl (C=S) groups is 1. The minimum absolute atomic E-state index is 0.0216. The van der Waals surface area contributed by atoms with Crippen LogP contribution in [0.15, 0.2) is 0 Å². The van der Waals surface area contributed by atoms with Crippen LogP contribution in [0, 0.1) is 0 Å². The largest absolute Gasteiger partial charge is 0.391 e. The maximum atomic E-state index is 11.9. The maximum Gasteiger partial charge on any atom is 0.246 e. The molecular formula is C13H24N2O3S. The molecule has 19 heavy (non-hydrogen) atoms. The summed E-state index contributed by atoms with van der Waals surface area (Å²) in [7, 11) is 1.59. The predicted molar refractivity (Wildman–Crippen MR) is 78.1 cm³/mol. The third-order valence-electron chi connectivity index (χ3n) is 3.47. The van der Waals surface area contributed by atoms with Crippen molar-refractivity contribution in [3.8, 4) is 0 Å². The van der Waals surface area contributed by atoms with Gasteiger partial charge >= 0.3 is 0 Å². The predicted octanol–water partition coefficient (Wildman–Crippen LogP) is 1.14. The number of hydrogen-bond donors (Lipinski definition) is 2. The summed E-state index contributed by atoms with van der Waals surface area (Å²) in [5.41, 5.74) is 5.33. The van der Waals surface area contributed by atoms with Crippen LogP contribution in [0.2, 0.25) is 0 Å². The van der Waals surface area contributed by atoms with Crippen molar-refractivity contribution in [1.82, 2.24) is 5.32 Å². The maximum absolute atomic E-state index is 11.9. The highest BCUT2D eigenvalue weighted by Crippen LogP contribution is 2.27. The zero-order valence-electron chi connectivity index (χ0n) is 11.6. The van der Waals surface area contributed by atoms with Gasteiger partial charge in [-0.3, -0.25) is 4.79 Å². The van der Waals surface area contributed by atoms with Crippen LogP contribution in [-0.2, 0) is 14.3 Å². The first-order valence-corrected chi connectivity index (χ1v) is 7.19. The van der Waals surface area contributed by atoms with Crippen LogP contribution < -0.4 is 11.1 Å². The van der Waals surface area contributed by atoms with Gasteiger partial charge in [-0.25, -0.2) is 0 Å². The van der Waals surface area contributed by atoms with Gasteiger partial charge in [0, 0.05) is 7.11 Å². The molecule has 1 fully saturated rings. The molecule has 0 heterocycles. The molecule has 0 bridgehead atoms. The number of nitrogens with one attached hydrogen (secondary N) is 1. The summed E-state index contributed by atoms with van der Waals surface area (Å²) in [4.78, 5) is 12.3. The summed E-state index contributed by atoms with van der Waals surface area (Å²) >= 11 is 5.16. The molecular weight excluding hydrogens is 264 g/mol. The van der Waals surface area contributed by atoms with E-state index in [1.54, 1.807) is 7.11 Å². The fourth-order valence-corrected chi connectivity index (χ4v) is 2.63. The number of methoxy groups -OCH3 is 1. The molecule has 1 rings (SSSR count). The third-order valence-corrected chi connectivity index (χ3v) is 3.86. The minimum Gasteiger partial charge on any atom is -0.391 e. The number of hydrogen-bond acceptors (Lipinski definition) is 4. The lowest BCUT2D eigenvalue weighted by molar-refractivity contribution is -0.127. The zero-order valence-corrected chi connectivity index (χ0v) is 12.4. The first kappa shape index (κ1) is 16.3. The summed E-state index contributed by atoms with van der Waals surface area (Å²) < 4.78 is 10.1. The van der Waals surface area contributed by atoms with E-state index in [0.717, 1.165) is 25.7 Å². The van der Waals surface area contributed by atoms with E-state index in [4.69, 9.17) is 27.4 Å². The Morgan fingerprint density at radius 3 is 2.42 bits per heavy atom. The SMILES string of the molecule is COCCOCC(=O)NC1(C(N)=S)CCCCCC1. The van der Waals surface area contributed by atoms with Gasteiger partial charge in [0.2, 0.25) is 5.91 Å². The Morgan fingerprint density at radius 2 is 1.89 bits per heavy atom. The molecule has 1 saturated carbocycles. The van der Waals surface area contributed by atoms with Gasteiger partial charge in [0.1, 0.15) is 6.61 Å². The van der Waals surface area contributed by atoms with E-state index >= 15 is 0 Å². The molecule has 0 atom stereocenters. The molecule has 110 valence electrons. The Bertz CT molecular complexity index is 302. The number of ether oxygens (including phenoxy) is 2. The molecule has 0 radical (unpaired) electrons. The van der Waals surface area contributed by atoms with Gasteiger partial charge in [0.25, 0.3) is 0 Å². The van der Waals surface area contributed by atoms with Crippen molar-refractivity contribution in [1.29, 1.82) is 0 Å². The summed E-state index contributed by atoms with van der Waals surface area (Å²) in [5.74, 6) is -0.161. The molecule has 1 amide bonds. The van der Waals surface area contributed by atoms with E-state index < -0.39 is 5.54 Å². The summed E-state index contributed by atoms with van der Waals surface area (Å²) in [5, 5.41) is 2.98. The number of carbonyl (C=O) groups excluding carboxylic acids is 1. The Hall–Kier alpha value is -0.720. The van der Waals surface area contributed by atoms with Crippen molar-refractivity contribution in [2.45, 2.75) is 44.1 Å². The van der Waals surface area contributed by atoms with Gasteiger partial charge in [0.05, 0.1) is 23.7 Å². The Balaban J connectivity index is 2.48. The highest BCUT2D eigenvalue weighted by Gasteiger charge is 2.35. The smallest absolute Gasteiger partial charge is 0.246 e. The Kier molecular flexibility index (Phi) is 7.27. The second kappa shape index (κ2) is 8.45. The zero-order chi connectivity index (χ0) is 14.1. The van der Waals surface area contributed by atoms with Crippen LogP contribution in [-0.4, -0.2) is 43.4 Å². The molecule has 0 unspecified atom stereocenters. The monoisotopic (exact) mass is 288 g/mol. The molecule has 5 nitrogen and oxygen atoms in total. The summed E-state index contributed by atoms with van der Waals surface area (Å²) in [6.45, 7) is 0.908. The highest BCUT2D eigenvalue weighted by atomic mass is 32.1. The molecule has 6 heteroatoms. The molecule has 0 aliphatic heterocycles. The van der Waals surface area contributed by atoms with Gasteiger partial charge in [-0.1, -0.05) is 37.9 Å². The van der Waals surface area contributed by atoms with Crippen molar-refractivity contribution in [3.05, 3.63) is 0 Å². The van der Waals surface area contributed by atoms with E-state index in [-0.39, 0.29) is 12.5 Å². The number of rotatable bonds is 7. The van der Waals surface area contributed by atoms with E-state index in [0.29, 0.717) is 18.2 Å². The lowest BCUT2D eigenvalue weighted by atomic mass is 9.90. The van der Waals surface area contributed by atoms with Crippen LogP contribution in [0.25, 0.3) is 0 Å². The standard InChI is InChI=1S/C13H24N2O3S/c1-17-8-9-18-10-11(16)15-13(12(14)19)6-4-2-3-5-7-13/h2-10H2,1H3,(H2,14,19)(H,15,16). The van der Waals surface area contributed by atoms with E-state index in [2.05, 4.69) is 5.32 Å². The van der Waals surface area contributed by atoms with Gasteiger partial charge < -0.3 is 20.5 Å². The summed E-state index contributed by atoms with van der Waals surface area (Å²) in [6.07, 6.45) is 6.08. The topological polar surface area (TPSA) is 73.6 Å². The van der Waals surface area contributed by atoms with Crippen molar-refractivity contribution in [2.75, 3.05) is 26.9 Å². The molecule has 0 aromatic rings. The fourth-order valence-electron chi connectivity index (χ4n) is 2.38. The first-order valence-electron chi connectivity index (χ1n) is 6.78. The van der Waals surface area contributed by atoms with Gasteiger partial charge in [-0.2, -0.15) is 0 Å². The highest BCUT2D eigenvalue weighted by molar-refractivity contribution is 7.80. The normalized spacial score (nSPS) is 18.6. The molecule has 0 saturated heterocycles. The second-order valence-electron chi connectivity index (χ2n) is 4.95. The van der Waals surface area contributed by atoms with Crippen molar-refractivity contribution < 1.29 is 14.3 Å². The number of carbonyl (C=O) groups is 1. The average Bonchev–Trinajstić information content (AvgIpc) is 2.61. The van der Waals surface area contributed by atoms with Crippen LogP contribution in [0.5, 0.6) is 0 Å². The number of nitrogens with two attached hydrogens (primary N) is 1. The van der Waals surface area contributed by atoms with Crippen molar-refractivity contribution in [2.24, 2.45) is 5.73 Å². The van der Waals surface area contributed by atoms with E-state index in [1.807, 2.05) is 0 Å². The molecule has 0 aromatic heterocycles. The molecule has 1 aliphatic rings. The van der Waals surface area contributed by atoms with Gasteiger partial charge in [0.15, 0.2) is 0 Å². The Labute approximate surface area is 120 Å². The molecule has 0 aromatic carbocycles. The van der Waals surface area contributed by atoms with Crippen molar-refractivity contribution in [3.63, 3.8) is 0 Å². The molecule has 1 aliphatic carbocycles. The van der Waals surface area contributed by atoms with E-state index in [1.165, 1.54) is 12.8 Å². The van der Waals surface area contributed by atoms with Gasteiger partial charge in [-0.05, 0) is 12.8 Å². The van der Waals surface area contributed by atoms with Gasteiger partial charge in [-0.15, -0.1) is 0 Å². The third kappa shape index (κ3) is 5.42. The quantitative estimate of drug-likeness (QED) is 0.417. The molecule has 3 N–H and O–H groups in total. The first-order chi connectivity index (χ1) is 9.10. The molecule has 0 spiro atoms. The average molecular weight is 288 g/mol. The Morgan fingerprint density at radius 1 is 1.26 bits per heavy atom. The van der Waals surface area contributed by atoms with Crippen LogP contribution in [0.4, 0.5) is 0 Å². The lowest BCUT2D eigenvalue weighted by Crippen LogP contribution is -2.57. The summed E-state index contributed by atoms with van der Waals surface area (Å²) in [6, 6.07) is 0. The second-order valence-corrected chi connectivity index (χ2v) is 5.39. The van der Waals surface area contributed by atoms with Crippen LogP contribution >= 0.6 is 12.2 Å². The fraction of sp³-hybridized carbons (Fsp3) is 0.846. The van der Waals surface area contributed by atoms with Crippen LogP contribution in [0.1, 0.15) is 38.5 Å². The lowest BCUT2D eigenvalue weighted by Gasteiger charge is -2.32. The minimum atomic E-state index is -0.520. The van der Waals surface area contributed by atoms with Crippen LogP contribution in [0.3, 0.4) is 0 Å². The van der Waals surface area contributed by atoms with E-state index in [9.17, 15) is 4.79 Å². The number of amides is 1. The van der Waals surface area contributed by atoms with Crippen molar-refractivity contribution >= 4 is 23.1 Å².